The zero-order chi connectivity index (χ0) is 28.5. The predicted octanol–water partition coefficient (Wildman–Crippen LogP) is 1.52. The van der Waals surface area contributed by atoms with Crippen molar-refractivity contribution in [2.24, 2.45) is 11.3 Å². The molecule has 37 heavy (non-hydrogen) atoms. The average Bonchev–Trinajstić information content (AvgIpc) is 2.81. The Kier molecular flexibility index (Phi) is 12.2. The molecule has 210 valence electrons. The number of carboxylic acids is 2. The van der Waals surface area contributed by atoms with Gasteiger partial charge in [-0.3, -0.25) is 19.2 Å². The van der Waals surface area contributed by atoms with E-state index in [-0.39, 0.29) is 35.8 Å². The third-order valence-electron chi connectivity index (χ3n) is 6.53. The predicted molar refractivity (Wildman–Crippen MR) is 139 cm³/mol. The molecule has 0 aromatic carbocycles. The first-order valence-corrected chi connectivity index (χ1v) is 12.8. The van der Waals surface area contributed by atoms with Crippen LogP contribution in [0.4, 0.5) is 0 Å². The van der Waals surface area contributed by atoms with Crippen molar-refractivity contribution in [3.8, 4) is 0 Å². The van der Waals surface area contributed by atoms with Gasteiger partial charge in [-0.05, 0) is 44.1 Å². The van der Waals surface area contributed by atoms with Crippen LogP contribution in [0.1, 0.15) is 73.6 Å². The fourth-order valence-corrected chi connectivity index (χ4v) is 4.20. The Hall–Kier alpha value is -2.95. The molecule has 0 bridgehead atoms. The van der Waals surface area contributed by atoms with Crippen LogP contribution in [0.15, 0.2) is 11.6 Å². The fourth-order valence-electron chi connectivity index (χ4n) is 4.20. The maximum atomic E-state index is 13.6. The molecule has 1 aliphatic heterocycles. The summed E-state index contributed by atoms with van der Waals surface area (Å²) < 4.78 is 0. The number of piperidine rings is 1. The van der Waals surface area contributed by atoms with Crippen molar-refractivity contribution in [1.29, 1.82) is 0 Å². The van der Waals surface area contributed by atoms with Gasteiger partial charge >= 0.3 is 11.9 Å². The minimum atomic E-state index is -1.35. The van der Waals surface area contributed by atoms with Gasteiger partial charge in [-0.25, -0.2) is 4.79 Å². The van der Waals surface area contributed by atoms with Gasteiger partial charge in [0, 0.05) is 19.0 Å². The van der Waals surface area contributed by atoms with Gasteiger partial charge in [0.1, 0.15) is 12.1 Å². The lowest BCUT2D eigenvalue weighted by Crippen LogP contribution is -2.59. The van der Waals surface area contributed by atoms with Crippen LogP contribution < -0.4 is 16.0 Å². The number of rotatable bonds is 12. The van der Waals surface area contributed by atoms with E-state index in [1.807, 2.05) is 34.6 Å². The first-order chi connectivity index (χ1) is 17.1. The van der Waals surface area contributed by atoms with Crippen LogP contribution in [-0.4, -0.2) is 82.5 Å². The number of likely N-dealkylation sites (N-methyl/N-ethyl adjacent to an activating group) is 1. The van der Waals surface area contributed by atoms with Crippen LogP contribution in [-0.2, 0) is 24.0 Å². The topological polar surface area (TPSA) is 165 Å². The standard InChI is InChI=1S/C26H44N4O7/c1-15(2)19(14-16(3)22(33)28-18(25(36)37)11-12-20(31)32)30(7)24(35)21(26(4,5)6)29-23(34)17-10-8-9-13-27-17/h14-15,17-19,21,27H,8-13H2,1-7H3,(H,28,33)(H,29,34)(H,31,32)(H,36,37)/b16-14+/t17-,18-,19-,21?/m1/s1. The number of nitrogens with one attached hydrogen (secondary N) is 3. The van der Waals surface area contributed by atoms with Crippen molar-refractivity contribution in [2.45, 2.75) is 97.8 Å². The van der Waals surface area contributed by atoms with E-state index < -0.39 is 47.8 Å². The zero-order valence-electron chi connectivity index (χ0n) is 23.1. The summed E-state index contributed by atoms with van der Waals surface area (Å²) in [6.45, 7) is 11.7. The number of nitrogens with zero attached hydrogens (tertiary/aromatic N) is 1. The SMILES string of the molecule is C/C(=C\[C@H](C(C)C)N(C)C(=O)C(NC(=O)[C@H]1CCCCN1)C(C)(C)C)C(=O)N[C@H](CCC(=O)O)C(=O)O. The highest BCUT2D eigenvalue weighted by atomic mass is 16.4. The monoisotopic (exact) mass is 524 g/mol. The third-order valence-corrected chi connectivity index (χ3v) is 6.53. The lowest BCUT2D eigenvalue weighted by molar-refractivity contribution is -0.142. The van der Waals surface area contributed by atoms with E-state index in [1.165, 1.54) is 11.8 Å². The van der Waals surface area contributed by atoms with Crippen molar-refractivity contribution in [3.05, 3.63) is 11.6 Å². The Bertz CT molecular complexity index is 873. The summed E-state index contributed by atoms with van der Waals surface area (Å²) >= 11 is 0. The normalized spacial score (nSPS) is 18.9. The zero-order valence-corrected chi connectivity index (χ0v) is 23.1. The molecule has 11 heteroatoms. The summed E-state index contributed by atoms with van der Waals surface area (Å²) in [5, 5.41) is 26.6. The van der Waals surface area contributed by atoms with Crippen LogP contribution in [0.3, 0.4) is 0 Å². The van der Waals surface area contributed by atoms with Gasteiger partial charge in [0.15, 0.2) is 0 Å². The summed E-state index contributed by atoms with van der Waals surface area (Å²) in [5.74, 6) is -3.76. The van der Waals surface area contributed by atoms with Crippen LogP contribution in [0, 0.1) is 11.3 Å². The molecule has 0 radical (unpaired) electrons. The second-order valence-corrected chi connectivity index (χ2v) is 11.1. The van der Waals surface area contributed by atoms with Crippen LogP contribution in [0.25, 0.3) is 0 Å². The molecule has 1 aliphatic rings. The number of carboxylic acid groups (broad SMARTS) is 2. The smallest absolute Gasteiger partial charge is 0.326 e. The lowest BCUT2D eigenvalue weighted by Gasteiger charge is -2.38. The molecule has 0 aliphatic carbocycles. The second-order valence-electron chi connectivity index (χ2n) is 11.1. The Balaban J connectivity index is 3.08. The summed E-state index contributed by atoms with van der Waals surface area (Å²) in [6.07, 6.45) is 3.61. The van der Waals surface area contributed by atoms with Crippen molar-refractivity contribution in [1.82, 2.24) is 20.9 Å². The van der Waals surface area contributed by atoms with E-state index in [0.29, 0.717) is 6.42 Å². The number of aliphatic carboxylic acids is 2. The largest absolute Gasteiger partial charge is 0.481 e. The fraction of sp³-hybridized carbons (Fsp3) is 0.731. The maximum absolute atomic E-state index is 13.6. The van der Waals surface area contributed by atoms with Crippen LogP contribution >= 0.6 is 0 Å². The highest BCUT2D eigenvalue weighted by Crippen LogP contribution is 2.24. The highest BCUT2D eigenvalue weighted by Gasteiger charge is 2.38. The van der Waals surface area contributed by atoms with Gasteiger partial charge in [0.2, 0.25) is 17.7 Å². The Morgan fingerprint density at radius 1 is 1.08 bits per heavy atom. The van der Waals surface area contributed by atoms with E-state index in [4.69, 9.17) is 5.11 Å². The number of hydrogen-bond acceptors (Lipinski definition) is 6. The minimum absolute atomic E-state index is 0.102. The molecule has 1 saturated heterocycles. The van der Waals surface area contributed by atoms with Gasteiger partial charge in [-0.1, -0.05) is 47.1 Å². The van der Waals surface area contributed by atoms with E-state index in [0.717, 1.165) is 19.4 Å². The Morgan fingerprint density at radius 2 is 1.70 bits per heavy atom. The molecule has 0 saturated carbocycles. The first kappa shape index (κ1) is 32.1. The van der Waals surface area contributed by atoms with Crippen molar-refractivity contribution in [3.63, 3.8) is 0 Å². The van der Waals surface area contributed by atoms with Crippen molar-refractivity contribution < 1.29 is 34.2 Å². The molecule has 1 heterocycles. The van der Waals surface area contributed by atoms with E-state index in [2.05, 4.69) is 16.0 Å². The number of carbonyl (C=O) groups is 5. The van der Waals surface area contributed by atoms with Gasteiger partial charge in [-0.2, -0.15) is 0 Å². The second kappa shape index (κ2) is 14.1. The first-order valence-electron chi connectivity index (χ1n) is 12.8. The van der Waals surface area contributed by atoms with Gasteiger partial charge < -0.3 is 31.1 Å². The molecular weight excluding hydrogens is 480 g/mol. The molecule has 4 atom stereocenters. The Morgan fingerprint density at radius 3 is 2.16 bits per heavy atom. The van der Waals surface area contributed by atoms with Crippen LogP contribution in [0.5, 0.6) is 0 Å². The lowest BCUT2D eigenvalue weighted by atomic mass is 9.84. The van der Waals surface area contributed by atoms with Gasteiger partial charge in [-0.15, -0.1) is 0 Å². The van der Waals surface area contributed by atoms with Crippen LogP contribution in [0.2, 0.25) is 0 Å². The van der Waals surface area contributed by atoms with Crippen molar-refractivity contribution in [2.75, 3.05) is 13.6 Å². The Labute approximate surface area is 219 Å². The molecule has 1 fully saturated rings. The molecule has 1 unspecified atom stereocenters. The third kappa shape index (κ3) is 10.1. The van der Waals surface area contributed by atoms with Crippen molar-refractivity contribution >= 4 is 29.7 Å². The highest BCUT2D eigenvalue weighted by molar-refractivity contribution is 5.96. The molecule has 0 aromatic heterocycles. The molecular formula is C26H44N4O7. The molecule has 11 nitrogen and oxygen atoms in total. The number of amides is 3. The number of hydrogen-bond donors (Lipinski definition) is 5. The maximum Gasteiger partial charge on any atom is 0.326 e. The molecule has 0 aromatic rings. The van der Waals surface area contributed by atoms with Gasteiger partial charge in [0.05, 0.1) is 12.1 Å². The average molecular weight is 525 g/mol. The molecule has 3 amide bonds. The summed E-state index contributed by atoms with van der Waals surface area (Å²) in [7, 11) is 1.62. The summed E-state index contributed by atoms with van der Waals surface area (Å²) in [6, 6.07) is -3.01. The molecule has 0 spiro atoms. The van der Waals surface area contributed by atoms with E-state index in [9.17, 15) is 29.1 Å². The summed E-state index contributed by atoms with van der Waals surface area (Å²) in [5.41, 5.74) is -0.380. The van der Waals surface area contributed by atoms with E-state index in [1.54, 1.807) is 13.1 Å². The quantitative estimate of drug-likeness (QED) is 0.240. The van der Waals surface area contributed by atoms with E-state index >= 15 is 0 Å². The summed E-state index contributed by atoms with van der Waals surface area (Å²) in [4.78, 5) is 63.0. The molecule has 5 N–H and O–H groups in total. The number of carbonyl (C=O) groups excluding carboxylic acids is 3. The minimum Gasteiger partial charge on any atom is -0.481 e. The van der Waals surface area contributed by atoms with Gasteiger partial charge in [0.25, 0.3) is 0 Å². The molecule has 1 rings (SSSR count).